The van der Waals surface area contributed by atoms with Crippen LogP contribution in [0.4, 0.5) is 0 Å². The minimum absolute atomic E-state index is 0.309. The second kappa shape index (κ2) is 15.2. The molecule has 0 spiro atoms. The van der Waals surface area contributed by atoms with Gasteiger partial charge in [-0.05, 0) is 108 Å². The van der Waals surface area contributed by atoms with Crippen LogP contribution >= 0.6 is 0 Å². The third-order valence-electron chi connectivity index (χ3n) is 10.9. The van der Waals surface area contributed by atoms with Crippen molar-refractivity contribution in [1.82, 2.24) is 19.9 Å². The first-order valence-electron chi connectivity index (χ1n) is 19.1. The Labute approximate surface area is 335 Å². The summed E-state index contributed by atoms with van der Waals surface area (Å²) in [4.78, 5) is 18.0. The van der Waals surface area contributed by atoms with Crippen molar-refractivity contribution in [3.8, 4) is 67.5 Å². The molecule has 0 fully saturated rings. The van der Waals surface area contributed by atoms with Crippen molar-refractivity contribution in [1.29, 1.82) is 0 Å². The summed E-state index contributed by atoms with van der Waals surface area (Å²) in [6.07, 6.45) is -1.38. The molecule has 290 valence electrons. The van der Waals surface area contributed by atoms with Crippen molar-refractivity contribution in [3.63, 3.8) is 0 Å². The summed E-state index contributed by atoms with van der Waals surface area (Å²) in [5.74, 6) is 2.72. The van der Waals surface area contributed by atoms with Crippen LogP contribution in [0.2, 0.25) is 0 Å². The number of rotatable bonds is 8. The second-order valence-electron chi connectivity index (χ2n) is 14.3. The number of aliphatic hydroxyl groups excluding tert-OH is 2. The minimum Gasteiger partial charge on any atom is -0.497 e. The summed E-state index contributed by atoms with van der Waals surface area (Å²) < 4.78 is 22.7. The molecule has 0 saturated heterocycles. The van der Waals surface area contributed by atoms with E-state index in [2.05, 4.69) is 22.1 Å². The number of hydrogen-bond donors (Lipinski definition) is 4. The normalized spacial score (nSPS) is 14.9. The first-order valence-corrected chi connectivity index (χ1v) is 19.1. The summed E-state index contributed by atoms with van der Waals surface area (Å²) in [6, 6.07) is 39.2. The van der Waals surface area contributed by atoms with Crippen LogP contribution in [-0.2, 0) is 12.8 Å². The number of aliphatic hydroxyl groups is 2. The highest BCUT2D eigenvalue weighted by Crippen LogP contribution is 2.45. The van der Waals surface area contributed by atoms with Gasteiger partial charge in [0.05, 0.1) is 51.2 Å². The largest absolute Gasteiger partial charge is 0.497 e. The van der Waals surface area contributed by atoms with Crippen LogP contribution in [0.5, 0.6) is 23.0 Å². The van der Waals surface area contributed by atoms with Crippen molar-refractivity contribution in [3.05, 3.63) is 144 Å². The molecule has 3 aromatic heterocycles. The predicted octanol–water partition coefficient (Wildman–Crippen LogP) is 9.57. The maximum Gasteiger partial charge on any atom is 0.128 e. The highest BCUT2D eigenvalue weighted by Gasteiger charge is 2.35. The lowest BCUT2D eigenvalue weighted by Crippen LogP contribution is -2.05. The molecule has 0 unspecified atom stereocenters. The number of ether oxygens (including phenoxy) is 4. The highest BCUT2D eigenvalue weighted by atomic mass is 16.5. The third kappa shape index (κ3) is 6.52. The Hall–Kier alpha value is -6.88. The maximum atomic E-state index is 12.1. The molecular formula is C48H42N4O6. The summed E-state index contributed by atoms with van der Waals surface area (Å²) in [5.41, 5.74) is 11.9. The lowest BCUT2D eigenvalue weighted by atomic mass is 9.97. The quantitative estimate of drug-likeness (QED) is 0.120. The Morgan fingerprint density at radius 2 is 0.741 bits per heavy atom. The van der Waals surface area contributed by atoms with Gasteiger partial charge in [-0.1, -0.05) is 48.5 Å². The van der Waals surface area contributed by atoms with E-state index in [4.69, 9.17) is 28.9 Å². The predicted molar refractivity (Wildman–Crippen MR) is 226 cm³/mol. The van der Waals surface area contributed by atoms with Gasteiger partial charge < -0.3 is 39.1 Å². The number of hydrogen-bond acceptors (Lipinski definition) is 8. The molecule has 4 aromatic carbocycles. The van der Waals surface area contributed by atoms with Crippen molar-refractivity contribution >= 4 is 22.1 Å². The molecule has 9 rings (SSSR count). The average molecular weight is 771 g/mol. The van der Waals surface area contributed by atoms with E-state index in [0.29, 0.717) is 57.9 Å². The number of benzene rings is 4. The molecule has 0 radical (unpaired) electrons. The van der Waals surface area contributed by atoms with E-state index in [1.165, 1.54) is 0 Å². The van der Waals surface area contributed by atoms with Gasteiger partial charge in [-0.3, -0.25) is 9.97 Å². The van der Waals surface area contributed by atoms with Crippen molar-refractivity contribution in [2.75, 3.05) is 28.4 Å². The standard InChI is InChI=1S/C48H42N4O6/c1-55-31-13-5-9-27(23-31)41-35-17-18-36(49-35)42(28-10-6-14-32(24-28)56-2)38-20-22-40(51-38)44(30-12-8-16-34(26-30)58-4)46-48(54)47(53)45(52-46)43(39-21-19-37(41)50-39)29-11-7-15-33(25-29)57-3/h5-16,19-26,47-48,50-51,53-54H,17-18H2,1-4H3/t47-,48+. The molecule has 0 amide bonds. The lowest BCUT2D eigenvalue weighted by molar-refractivity contribution is 0.0260. The number of nitrogens with one attached hydrogen (secondary N) is 2. The molecule has 2 atom stereocenters. The molecule has 58 heavy (non-hydrogen) atoms. The van der Waals surface area contributed by atoms with Crippen LogP contribution in [0.25, 0.3) is 66.6 Å². The Morgan fingerprint density at radius 1 is 0.431 bits per heavy atom. The van der Waals surface area contributed by atoms with Gasteiger partial charge >= 0.3 is 0 Å². The summed E-state index contributed by atoms with van der Waals surface area (Å²) >= 11 is 0. The number of methoxy groups -OCH3 is 4. The summed E-state index contributed by atoms with van der Waals surface area (Å²) in [7, 11) is 6.56. The van der Waals surface area contributed by atoms with Gasteiger partial charge in [0.25, 0.3) is 0 Å². The molecule has 10 heteroatoms. The van der Waals surface area contributed by atoms with Gasteiger partial charge in [-0.15, -0.1) is 0 Å². The van der Waals surface area contributed by atoms with E-state index in [0.717, 1.165) is 67.3 Å². The van der Waals surface area contributed by atoms with Crippen LogP contribution in [0.3, 0.4) is 0 Å². The first-order chi connectivity index (χ1) is 28.4. The zero-order valence-corrected chi connectivity index (χ0v) is 32.5. The molecule has 4 N–H and O–H groups in total. The minimum atomic E-state index is -1.37. The van der Waals surface area contributed by atoms with Gasteiger partial charge in [-0.25, -0.2) is 0 Å². The van der Waals surface area contributed by atoms with Gasteiger partial charge in [0, 0.05) is 44.3 Å². The molecule has 2 aliphatic heterocycles. The monoisotopic (exact) mass is 770 g/mol. The van der Waals surface area contributed by atoms with Gasteiger partial charge in [0.1, 0.15) is 35.2 Å². The Bertz CT molecular complexity index is 2670. The molecule has 5 heterocycles. The maximum absolute atomic E-state index is 12.1. The molecule has 10 nitrogen and oxygen atoms in total. The number of aromatic nitrogens is 4. The fraction of sp³-hybridized carbons (Fsp3) is 0.167. The Balaban J connectivity index is 1.49. The van der Waals surface area contributed by atoms with E-state index in [1.54, 1.807) is 28.4 Å². The third-order valence-corrected chi connectivity index (χ3v) is 10.9. The second-order valence-corrected chi connectivity index (χ2v) is 14.3. The van der Waals surface area contributed by atoms with Gasteiger partial charge in [0.15, 0.2) is 0 Å². The van der Waals surface area contributed by atoms with Crippen molar-refractivity contribution < 1.29 is 29.2 Å². The van der Waals surface area contributed by atoms with Crippen LogP contribution < -0.4 is 18.9 Å². The van der Waals surface area contributed by atoms with E-state index in [9.17, 15) is 10.2 Å². The fourth-order valence-electron chi connectivity index (χ4n) is 8.17. The molecule has 8 bridgehead atoms. The van der Waals surface area contributed by atoms with E-state index in [-0.39, 0.29) is 0 Å². The van der Waals surface area contributed by atoms with Crippen LogP contribution in [-0.4, -0.2) is 58.6 Å². The highest BCUT2D eigenvalue weighted by molar-refractivity contribution is 5.92. The summed E-state index contributed by atoms with van der Waals surface area (Å²) in [6.45, 7) is 0. The number of aryl methyl sites for hydroxylation is 2. The molecule has 0 saturated carbocycles. The lowest BCUT2D eigenvalue weighted by Gasteiger charge is -2.14. The number of fused-ring (bicyclic) bond motifs is 8. The molecule has 2 aliphatic rings. The van der Waals surface area contributed by atoms with E-state index in [1.807, 2.05) is 109 Å². The fourth-order valence-corrected chi connectivity index (χ4v) is 8.17. The molecule has 0 aliphatic carbocycles. The van der Waals surface area contributed by atoms with Crippen LogP contribution in [0, 0.1) is 0 Å². The SMILES string of the molecule is COc1cccc(-c2c3nc(c(-c4cccc(OC)c4)c4ccc([nH]4)c(-c4cccc(OC)c4)c4nc(c(-c5cccc(OC)c5)c5ccc2[nH]5)[C@@H](O)[C@H]4O)CC3)c1. The number of H-pyrrole nitrogens is 2. The van der Waals surface area contributed by atoms with Gasteiger partial charge in [-0.2, -0.15) is 0 Å². The van der Waals surface area contributed by atoms with E-state index < -0.39 is 12.2 Å². The van der Waals surface area contributed by atoms with Crippen LogP contribution in [0.1, 0.15) is 35.0 Å². The smallest absolute Gasteiger partial charge is 0.128 e. The van der Waals surface area contributed by atoms with Crippen LogP contribution in [0.15, 0.2) is 121 Å². The Kier molecular flexibility index (Phi) is 9.64. The number of aromatic amines is 2. The van der Waals surface area contributed by atoms with Crippen molar-refractivity contribution in [2.45, 2.75) is 25.0 Å². The zero-order chi connectivity index (χ0) is 39.9. The van der Waals surface area contributed by atoms with Crippen molar-refractivity contribution in [2.24, 2.45) is 0 Å². The zero-order valence-electron chi connectivity index (χ0n) is 32.5. The topological polar surface area (TPSA) is 135 Å². The molecule has 7 aromatic rings. The van der Waals surface area contributed by atoms with E-state index >= 15 is 0 Å². The average Bonchev–Trinajstić information content (AvgIpc) is 4.09. The first kappa shape index (κ1) is 36.7. The van der Waals surface area contributed by atoms with Gasteiger partial charge in [0.2, 0.25) is 0 Å². The molecular weight excluding hydrogens is 729 g/mol. The summed E-state index contributed by atoms with van der Waals surface area (Å²) in [5, 5.41) is 24.2. The Morgan fingerprint density at radius 3 is 1.07 bits per heavy atom. The number of nitrogens with zero attached hydrogens (tertiary/aromatic N) is 2.